The summed E-state index contributed by atoms with van der Waals surface area (Å²) in [6.07, 6.45) is -0.258. The maximum atomic E-state index is 12.6. The fourth-order valence-electron chi connectivity index (χ4n) is 2.28. The molecule has 0 spiro atoms. The van der Waals surface area contributed by atoms with Gasteiger partial charge in [-0.25, -0.2) is 13.2 Å². The highest BCUT2D eigenvalue weighted by Crippen LogP contribution is 2.17. The number of carbonyl (C=O) groups is 3. The van der Waals surface area contributed by atoms with Gasteiger partial charge in [0.2, 0.25) is 0 Å². The van der Waals surface area contributed by atoms with Gasteiger partial charge in [-0.3, -0.25) is 9.59 Å². The van der Waals surface area contributed by atoms with E-state index in [1.807, 2.05) is 0 Å². The molecule has 0 unspecified atom stereocenters. The standard InChI is InChI=1S/C18H26N2O7S/c1-5-19-16(21)12(2)27-18(23)14(10-11-28(4,24)25)20-17(22)13-8-6-7-9-15(13)26-3/h6-9,12,14H,5,10-11H2,1-4H3,(H,19,21)(H,20,22)/t12-,14+/m1/s1. The van der Waals surface area contributed by atoms with Crippen molar-refractivity contribution in [3.63, 3.8) is 0 Å². The molecule has 0 bridgehead atoms. The number of hydrogen-bond acceptors (Lipinski definition) is 7. The van der Waals surface area contributed by atoms with Crippen molar-refractivity contribution in [1.82, 2.24) is 10.6 Å². The topological polar surface area (TPSA) is 128 Å². The molecule has 2 atom stereocenters. The normalized spacial score (nSPS) is 13.1. The summed E-state index contributed by atoms with van der Waals surface area (Å²) in [5.41, 5.74) is 0.180. The van der Waals surface area contributed by atoms with Crippen molar-refractivity contribution in [2.24, 2.45) is 0 Å². The number of esters is 1. The Morgan fingerprint density at radius 3 is 2.39 bits per heavy atom. The molecular formula is C18H26N2O7S. The molecule has 1 aromatic carbocycles. The van der Waals surface area contributed by atoms with Crippen LogP contribution >= 0.6 is 0 Å². The Kier molecular flexibility index (Phi) is 8.90. The molecule has 0 aliphatic heterocycles. The third-order valence-electron chi connectivity index (χ3n) is 3.73. The van der Waals surface area contributed by atoms with Gasteiger partial charge >= 0.3 is 5.97 Å². The highest BCUT2D eigenvalue weighted by molar-refractivity contribution is 7.90. The molecule has 0 fully saturated rings. The van der Waals surface area contributed by atoms with E-state index in [4.69, 9.17) is 9.47 Å². The Bertz CT molecular complexity index is 808. The van der Waals surface area contributed by atoms with E-state index in [0.29, 0.717) is 12.3 Å². The maximum absolute atomic E-state index is 12.6. The first-order chi connectivity index (χ1) is 13.1. The molecule has 2 amide bonds. The van der Waals surface area contributed by atoms with Gasteiger partial charge in [-0.2, -0.15) is 0 Å². The fraction of sp³-hybridized carbons (Fsp3) is 0.500. The number of nitrogens with one attached hydrogen (secondary N) is 2. The molecule has 0 radical (unpaired) electrons. The fourth-order valence-corrected chi connectivity index (χ4v) is 2.94. The van der Waals surface area contributed by atoms with Crippen molar-refractivity contribution in [2.45, 2.75) is 32.4 Å². The molecule has 28 heavy (non-hydrogen) atoms. The third-order valence-corrected chi connectivity index (χ3v) is 4.71. The van der Waals surface area contributed by atoms with E-state index in [2.05, 4.69) is 10.6 Å². The maximum Gasteiger partial charge on any atom is 0.329 e. The van der Waals surface area contributed by atoms with E-state index < -0.39 is 39.8 Å². The van der Waals surface area contributed by atoms with Gasteiger partial charge in [0, 0.05) is 12.8 Å². The summed E-state index contributed by atoms with van der Waals surface area (Å²) in [6.45, 7) is 3.47. The van der Waals surface area contributed by atoms with Crippen LogP contribution < -0.4 is 15.4 Å². The van der Waals surface area contributed by atoms with Crippen LogP contribution in [0.2, 0.25) is 0 Å². The van der Waals surface area contributed by atoms with Crippen LogP contribution in [0.4, 0.5) is 0 Å². The number of carbonyl (C=O) groups excluding carboxylic acids is 3. The molecule has 9 nitrogen and oxygen atoms in total. The first-order valence-corrected chi connectivity index (χ1v) is 10.7. The number of hydrogen-bond donors (Lipinski definition) is 2. The predicted octanol–water partition coefficient (Wildman–Crippen LogP) is 0.296. The summed E-state index contributed by atoms with van der Waals surface area (Å²) in [4.78, 5) is 36.8. The average molecular weight is 414 g/mol. The van der Waals surface area contributed by atoms with Crippen molar-refractivity contribution in [1.29, 1.82) is 0 Å². The van der Waals surface area contributed by atoms with Crippen LogP contribution in [0.15, 0.2) is 24.3 Å². The van der Waals surface area contributed by atoms with Gasteiger partial charge in [-0.15, -0.1) is 0 Å². The molecule has 0 saturated heterocycles. The van der Waals surface area contributed by atoms with Gasteiger partial charge in [0.1, 0.15) is 21.6 Å². The molecule has 0 aromatic heterocycles. The molecule has 0 saturated carbocycles. The molecule has 1 rings (SSSR count). The molecule has 1 aromatic rings. The quantitative estimate of drug-likeness (QED) is 0.527. The highest BCUT2D eigenvalue weighted by atomic mass is 32.2. The van der Waals surface area contributed by atoms with E-state index in [-0.39, 0.29) is 17.7 Å². The van der Waals surface area contributed by atoms with Gasteiger partial charge in [0.05, 0.1) is 18.4 Å². The van der Waals surface area contributed by atoms with Crippen LogP contribution in [-0.2, 0) is 24.2 Å². The van der Waals surface area contributed by atoms with Gasteiger partial charge in [0.15, 0.2) is 6.10 Å². The number of amides is 2. The predicted molar refractivity (Wildman–Crippen MR) is 103 cm³/mol. The second-order valence-electron chi connectivity index (χ2n) is 6.12. The summed E-state index contributed by atoms with van der Waals surface area (Å²) in [6, 6.07) is 5.14. The monoisotopic (exact) mass is 414 g/mol. The van der Waals surface area contributed by atoms with Crippen molar-refractivity contribution < 1.29 is 32.3 Å². The molecule has 10 heteroatoms. The second kappa shape index (κ2) is 10.6. The lowest BCUT2D eigenvalue weighted by Gasteiger charge is -2.20. The Balaban J connectivity index is 2.96. The number of sulfone groups is 1. The van der Waals surface area contributed by atoms with Crippen molar-refractivity contribution in [3.8, 4) is 5.75 Å². The lowest BCUT2D eigenvalue weighted by molar-refractivity contribution is -0.156. The number of rotatable bonds is 10. The van der Waals surface area contributed by atoms with Crippen LogP contribution in [0.1, 0.15) is 30.6 Å². The Morgan fingerprint density at radius 1 is 1.18 bits per heavy atom. The Hall–Kier alpha value is -2.62. The summed E-state index contributed by atoms with van der Waals surface area (Å²) in [7, 11) is -1.98. The van der Waals surface area contributed by atoms with Crippen LogP contribution in [0.3, 0.4) is 0 Å². The van der Waals surface area contributed by atoms with Crippen LogP contribution in [0, 0.1) is 0 Å². The number of likely N-dealkylation sites (N-methyl/N-ethyl adjacent to an activating group) is 1. The molecule has 0 aliphatic rings. The number of benzene rings is 1. The Morgan fingerprint density at radius 2 is 1.82 bits per heavy atom. The largest absolute Gasteiger partial charge is 0.496 e. The van der Waals surface area contributed by atoms with Gasteiger partial charge in [0.25, 0.3) is 11.8 Å². The average Bonchev–Trinajstić information content (AvgIpc) is 2.64. The first-order valence-electron chi connectivity index (χ1n) is 8.68. The van der Waals surface area contributed by atoms with Crippen molar-refractivity contribution >= 4 is 27.6 Å². The van der Waals surface area contributed by atoms with Gasteiger partial charge in [-0.05, 0) is 32.4 Å². The zero-order chi connectivity index (χ0) is 21.3. The lowest BCUT2D eigenvalue weighted by Crippen LogP contribution is -2.46. The van der Waals surface area contributed by atoms with E-state index in [1.54, 1.807) is 25.1 Å². The van der Waals surface area contributed by atoms with Crippen molar-refractivity contribution in [3.05, 3.63) is 29.8 Å². The van der Waals surface area contributed by atoms with Crippen LogP contribution in [0.5, 0.6) is 5.75 Å². The number of para-hydroxylation sites is 1. The zero-order valence-corrected chi connectivity index (χ0v) is 17.2. The number of ether oxygens (including phenoxy) is 2. The van der Waals surface area contributed by atoms with Crippen LogP contribution in [0.25, 0.3) is 0 Å². The SMILES string of the molecule is CCNC(=O)[C@@H](C)OC(=O)[C@H](CCS(C)(=O)=O)NC(=O)c1ccccc1OC. The second-order valence-corrected chi connectivity index (χ2v) is 8.38. The highest BCUT2D eigenvalue weighted by Gasteiger charge is 2.28. The minimum atomic E-state index is -3.38. The van der Waals surface area contributed by atoms with Gasteiger partial charge in [-0.1, -0.05) is 12.1 Å². The van der Waals surface area contributed by atoms with Gasteiger partial charge < -0.3 is 20.1 Å². The summed E-state index contributed by atoms with van der Waals surface area (Å²) < 4.78 is 33.2. The Labute approximate surface area is 164 Å². The number of methoxy groups -OCH3 is 1. The minimum absolute atomic E-state index is 0.180. The van der Waals surface area contributed by atoms with E-state index in [1.165, 1.54) is 20.1 Å². The third kappa shape index (κ3) is 7.55. The molecular weight excluding hydrogens is 388 g/mol. The first kappa shape index (κ1) is 23.4. The van der Waals surface area contributed by atoms with Crippen molar-refractivity contribution in [2.75, 3.05) is 25.7 Å². The zero-order valence-electron chi connectivity index (χ0n) is 16.4. The molecule has 0 aliphatic carbocycles. The van der Waals surface area contributed by atoms with Crippen LogP contribution in [-0.4, -0.2) is 64.0 Å². The van der Waals surface area contributed by atoms with E-state index in [9.17, 15) is 22.8 Å². The summed E-state index contributed by atoms with van der Waals surface area (Å²) >= 11 is 0. The lowest BCUT2D eigenvalue weighted by atomic mass is 10.1. The summed E-state index contributed by atoms with van der Waals surface area (Å²) in [5, 5.41) is 4.98. The minimum Gasteiger partial charge on any atom is -0.496 e. The van der Waals surface area contributed by atoms with E-state index in [0.717, 1.165) is 6.26 Å². The smallest absolute Gasteiger partial charge is 0.329 e. The molecule has 0 heterocycles. The molecule has 2 N–H and O–H groups in total. The molecule has 156 valence electrons. The van der Waals surface area contributed by atoms with E-state index >= 15 is 0 Å². The summed E-state index contributed by atoms with van der Waals surface area (Å²) in [5.74, 6) is -2.06.